The highest BCUT2D eigenvalue weighted by molar-refractivity contribution is 7.99. The van der Waals surface area contributed by atoms with E-state index in [0.717, 1.165) is 5.75 Å². The molecular weight excluding hydrogens is 498 g/mol. The second-order valence-corrected chi connectivity index (χ2v) is 9.86. The Morgan fingerprint density at radius 2 is 1.81 bits per heavy atom. The first-order chi connectivity index (χ1) is 17.3. The molecule has 10 heteroatoms. The van der Waals surface area contributed by atoms with Gasteiger partial charge in [-0.3, -0.25) is 9.59 Å². The summed E-state index contributed by atoms with van der Waals surface area (Å²) in [5.74, 6) is 1.47. The summed E-state index contributed by atoms with van der Waals surface area (Å²) in [7, 11) is 0. The maximum absolute atomic E-state index is 13.0. The van der Waals surface area contributed by atoms with E-state index in [4.69, 9.17) is 16.3 Å². The minimum absolute atomic E-state index is 0.151. The van der Waals surface area contributed by atoms with Crippen molar-refractivity contribution in [1.29, 1.82) is 0 Å². The molecule has 36 heavy (non-hydrogen) atoms. The number of rotatable bonds is 12. The number of ether oxygens (including phenoxy) is 1. The number of hydrogen-bond donors (Lipinski definition) is 2. The van der Waals surface area contributed by atoms with E-state index in [1.54, 1.807) is 36.4 Å². The Morgan fingerprint density at radius 3 is 2.44 bits per heavy atom. The quantitative estimate of drug-likeness (QED) is 0.296. The zero-order chi connectivity index (χ0) is 26.1. The van der Waals surface area contributed by atoms with Crippen LogP contribution in [0.5, 0.6) is 5.75 Å². The molecule has 0 bridgehead atoms. The zero-order valence-electron chi connectivity index (χ0n) is 21.0. The summed E-state index contributed by atoms with van der Waals surface area (Å²) in [5.41, 5.74) is 1.11. The standard InChI is InChI=1S/C26H32ClN5O3S/c1-5-32-24(22(15-17(3)4)29-25(34)20-9-7-8-10-21(20)27)30-31-26(32)36-16-23(33)28-18-11-13-19(14-12-18)35-6-2/h7-14,17,22H,5-6,15-16H2,1-4H3,(H,28,33)(H,29,34)/t22-/m0/s1. The fourth-order valence-corrected chi connectivity index (χ4v) is 4.70. The number of amides is 2. The molecule has 2 N–H and O–H groups in total. The molecule has 2 amide bonds. The molecule has 0 saturated heterocycles. The van der Waals surface area contributed by atoms with Crippen LogP contribution in [0.15, 0.2) is 53.7 Å². The molecule has 192 valence electrons. The van der Waals surface area contributed by atoms with E-state index in [1.807, 2.05) is 30.5 Å². The third-order valence-electron chi connectivity index (χ3n) is 5.29. The molecule has 1 atom stereocenters. The first kappa shape index (κ1) is 27.5. The van der Waals surface area contributed by atoms with Crippen molar-refractivity contribution in [2.45, 2.75) is 51.9 Å². The van der Waals surface area contributed by atoms with Gasteiger partial charge in [-0.2, -0.15) is 0 Å². The van der Waals surface area contributed by atoms with Crippen LogP contribution < -0.4 is 15.4 Å². The van der Waals surface area contributed by atoms with Crippen LogP contribution in [0.4, 0.5) is 5.69 Å². The highest BCUT2D eigenvalue weighted by atomic mass is 35.5. The highest BCUT2D eigenvalue weighted by Crippen LogP contribution is 2.26. The van der Waals surface area contributed by atoms with E-state index in [1.165, 1.54) is 11.8 Å². The number of carbonyl (C=O) groups is 2. The minimum atomic E-state index is -0.353. The van der Waals surface area contributed by atoms with Crippen LogP contribution in [0.2, 0.25) is 5.02 Å². The average molecular weight is 530 g/mol. The van der Waals surface area contributed by atoms with Crippen molar-refractivity contribution in [1.82, 2.24) is 20.1 Å². The van der Waals surface area contributed by atoms with Crippen LogP contribution in [-0.4, -0.2) is 38.9 Å². The molecule has 0 fully saturated rings. The molecule has 0 aliphatic heterocycles. The van der Waals surface area contributed by atoms with Crippen molar-refractivity contribution < 1.29 is 14.3 Å². The molecule has 0 radical (unpaired) electrons. The molecule has 3 aromatic rings. The topological polar surface area (TPSA) is 98.1 Å². The molecule has 0 aliphatic rings. The molecule has 0 aliphatic carbocycles. The monoisotopic (exact) mass is 529 g/mol. The lowest BCUT2D eigenvalue weighted by atomic mass is 10.0. The third kappa shape index (κ3) is 7.48. The predicted octanol–water partition coefficient (Wildman–Crippen LogP) is 5.60. The Morgan fingerprint density at radius 1 is 1.08 bits per heavy atom. The van der Waals surface area contributed by atoms with E-state index in [-0.39, 0.29) is 23.6 Å². The normalized spacial score (nSPS) is 11.8. The molecule has 0 unspecified atom stereocenters. The number of benzene rings is 2. The van der Waals surface area contributed by atoms with Crippen LogP contribution in [0.25, 0.3) is 0 Å². The second-order valence-electron chi connectivity index (χ2n) is 8.51. The maximum atomic E-state index is 13.0. The molecule has 2 aromatic carbocycles. The number of aromatic nitrogens is 3. The Balaban J connectivity index is 1.69. The van der Waals surface area contributed by atoms with Crippen LogP contribution in [-0.2, 0) is 11.3 Å². The molecule has 0 saturated carbocycles. The minimum Gasteiger partial charge on any atom is -0.494 e. The summed E-state index contributed by atoms with van der Waals surface area (Å²) in [4.78, 5) is 25.5. The molecule has 3 rings (SSSR count). The predicted molar refractivity (Wildman–Crippen MR) is 144 cm³/mol. The van der Waals surface area contributed by atoms with E-state index in [9.17, 15) is 9.59 Å². The van der Waals surface area contributed by atoms with Gasteiger partial charge >= 0.3 is 0 Å². The zero-order valence-corrected chi connectivity index (χ0v) is 22.5. The fraction of sp³-hybridized carbons (Fsp3) is 0.385. The summed E-state index contributed by atoms with van der Waals surface area (Å²) in [5, 5.41) is 15.7. The van der Waals surface area contributed by atoms with Gasteiger partial charge in [-0.15, -0.1) is 10.2 Å². The van der Waals surface area contributed by atoms with Crippen molar-refractivity contribution in [2.24, 2.45) is 5.92 Å². The Kier molecular flexibility index (Phi) is 10.2. The van der Waals surface area contributed by atoms with Crippen molar-refractivity contribution in [3.63, 3.8) is 0 Å². The van der Waals surface area contributed by atoms with Gasteiger partial charge in [-0.1, -0.05) is 49.3 Å². The lowest BCUT2D eigenvalue weighted by molar-refractivity contribution is -0.113. The lowest BCUT2D eigenvalue weighted by Gasteiger charge is -2.21. The number of hydrogen-bond acceptors (Lipinski definition) is 6. The summed E-state index contributed by atoms with van der Waals surface area (Å²) in [6, 6.07) is 13.8. The van der Waals surface area contributed by atoms with Gasteiger partial charge < -0.3 is 19.9 Å². The van der Waals surface area contributed by atoms with Gasteiger partial charge in [0.25, 0.3) is 5.91 Å². The van der Waals surface area contributed by atoms with Crippen molar-refractivity contribution in [2.75, 3.05) is 17.7 Å². The largest absolute Gasteiger partial charge is 0.494 e. The van der Waals surface area contributed by atoms with Crippen molar-refractivity contribution >= 4 is 40.9 Å². The number of nitrogens with zero attached hydrogens (tertiary/aromatic N) is 3. The van der Waals surface area contributed by atoms with E-state index < -0.39 is 0 Å². The summed E-state index contributed by atoms with van der Waals surface area (Å²) in [6.45, 7) is 9.26. The molecular formula is C26H32ClN5O3S. The van der Waals surface area contributed by atoms with Gasteiger partial charge in [0, 0.05) is 12.2 Å². The summed E-state index contributed by atoms with van der Waals surface area (Å²) in [6.07, 6.45) is 0.678. The second kappa shape index (κ2) is 13.3. The summed E-state index contributed by atoms with van der Waals surface area (Å²) >= 11 is 7.53. The van der Waals surface area contributed by atoms with Crippen LogP contribution in [0, 0.1) is 5.92 Å². The lowest BCUT2D eigenvalue weighted by Crippen LogP contribution is -2.31. The van der Waals surface area contributed by atoms with Gasteiger partial charge in [-0.25, -0.2) is 0 Å². The van der Waals surface area contributed by atoms with Gasteiger partial charge in [0.1, 0.15) is 5.75 Å². The number of carbonyl (C=O) groups excluding carboxylic acids is 2. The number of anilines is 1. The molecule has 8 nitrogen and oxygen atoms in total. The van der Waals surface area contributed by atoms with Crippen LogP contribution in [0.1, 0.15) is 56.3 Å². The van der Waals surface area contributed by atoms with Gasteiger partial charge in [0.15, 0.2) is 11.0 Å². The highest BCUT2D eigenvalue weighted by Gasteiger charge is 2.25. The van der Waals surface area contributed by atoms with Crippen LogP contribution >= 0.6 is 23.4 Å². The maximum Gasteiger partial charge on any atom is 0.253 e. The van der Waals surface area contributed by atoms with E-state index in [2.05, 4.69) is 34.7 Å². The number of halogens is 1. The smallest absolute Gasteiger partial charge is 0.253 e. The SMILES string of the molecule is CCOc1ccc(NC(=O)CSc2nnc([C@H](CC(C)C)NC(=O)c3ccccc3Cl)n2CC)cc1. The first-order valence-corrected chi connectivity index (χ1v) is 13.3. The van der Waals surface area contributed by atoms with Crippen molar-refractivity contribution in [3.8, 4) is 5.75 Å². The first-order valence-electron chi connectivity index (χ1n) is 12.0. The number of thioether (sulfide) groups is 1. The third-order valence-corrected chi connectivity index (χ3v) is 6.58. The van der Waals surface area contributed by atoms with E-state index >= 15 is 0 Å². The van der Waals surface area contributed by atoms with E-state index in [0.29, 0.717) is 52.7 Å². The Bertz CT molecular complexity index is 1170. The van der Waals surface area contributed by atoms with Gasteiger partial charge in [0.2, 0.25) is 5.91 Å². The fourth-order valence-electron chi connectivity index (χ4n) is 3.67. The summed E-state index contributed by atoms with van der Waals surface area (Å²) < 4.78 is 7.37. The van der Waals surface area contributed by atoms with Gasteiger partial charge in [0.05, 0.1) is 29.0 Å². The van der Waals surface area contributed by atoms with Crippen LogP contribution in [0.3, 0.4) is 0 Å². The average Bonchev–Trinajstić information content (AvgIpc) is 3.26. The molecule has 1 aromatic heterocycles. The molecule has 1 heterocycles. The Hall–Kier alpha value is -3.04. The van der Waals surface area contributed by atoms with Crippen molar-refractivity contribution in [3.05, 3.63) is 64.9 Å². The molecule has 0 spiro atoms. The Labute approximate surface area is 221 Å². The van der Waals surface area contributed by atoms with Gasteiger partial charge in [-0.05, 0) is 62.6 Å². The number of nitrogens with one attached hydrogen (secondary N) is 2.